The van der Waals surface area contributed by atoms with E-state index in [1.54, 1.807) is 23.1 Å². The van der Waals surface area contributed by atoms with Gasteiger partial charge in [-0.3, -0.25) is 4.79 Å². The predicted octanol–water partition coefficient (Wildman–Crippen LogP) is 4.44. The number of fused-ring (bicyclic) bond motifs is 1. The van der Waals surface area contributed by atoms with E-state index in [1.807, 2.05) is 34.6 Å². The normalized spacial score (nSPS) is 18.3. The Morgan fingerprint density at radius 3 is 2.41 bits per heavy atom. The molecule has 1 heterocycles. The van der Waals surface area contributed by atoms with E-state index in [0.29, 0.717) is 28.6 Å². The molecule has 3 rings (SSSR count). The zero-order valence-electron chi connectivity index (χ0n) is 22.0. The average Bonchev–Trinajstić information content (AvgIpc) is 2.81. The number of amides is 3. The molecule has 37 heavy (non-hydrogen) atoms. The zero-order chi connectivity index (χ0) is 27.5. The highest BCUT2D eigenvalue weighted by Crippen LogP contribution is 2.31. The van der Waals surface area contributed by atoms with Gasteiger partial charge in [0.2, 0.25) is 10.0 Å². The van der Waals surface area contributed by atoms with Gasteiger partial charge in [-0.05, 0) is 70.2 Å². The van der Waals surface area contributed by atoms with Crippen molar-refractivity contribution >= 4 is 39.2 Å². The first-order valence-electron chi connectivity index (χ1n) is 12.2. The van der Waals surface area contributed by atoms with Crippen molar-refractivity contribution in [1.82, 2.24) is 14.5 Å². The Balaban J connectivity index is 1.92. The number of ether oxygens (including phenoxy) is 1. The lowest BCUT2D eigenvalue weighted by Gasteiger charge is -2.37. The van der Waals surface area contributed by atoms with Gasteiger partial charge in [0.1, 0.15) is 11.9 Å². The van der Waals surface area contributed by atoms with Gasteiger partial charge in [0.25, 0.3) is 5.91 Å². The highest BCUT2D eigenvalue weighted by atomic mass is 35.5. The fourth-order valence-corrected chi connectivity index (χ4v) is 5.36. The molecule has 11 heteroatoms. The van der Waals surface area contributed by atoms with Crippen molar-refractivity contribution in [3.05, 3.63) is 53.1 Å². The largest absolute Gasteiger partial charge is 0.488 e. The summed E-state index contributed by atoms with van der Waals surface area (Å²) in [5.41, 5.74) is 0.751. The van der Waals surface area contributed by atoms with Crippen LogP contribution >= 0.6 is 11.6 Å². The van der Waals surface area contributed by atoms with Gasteiger partial charge in [0.15, 0.2) is 0 Å². The van der Waals surface area contributed by atoms with E-state index in [1.165, 1.54) is 35.6 Å². The highest BCUT2D eigenvalue weighted by Gasteiger charge is 2.34. The predicted molar refractivity (Wildman–Crippen MR) is 145 cm³/mol. The van der Waals surface area contributed by atoms with Gasteiger partial charge < -0.3 is 20.3 Å². The van der Waals surface area contributed by atoms with Crippen LogP contribution in [0.2, 0.25) is 5.02 Å². The number of nitrogens with zero attached hydrogens (tertiary/aromatic N) is 2. The molecular weight excluding hydrogens is 516 g/mol. The monoisotopic (exact) mass is 550 g/mol. The van der Waals surface area contributed by atoms with E-state index < -0.39 is 16.1 Å². The first-order valence-corrected chi connectivity index (χ1v) is 14.0. The van der Waals surface area contributed by atoms with E-state index in [2.05, 4.69) is 10.6 Å². The molecule has 3 amide bonds. The maximum absolute atomic E-state index is 13.5. The summed E-state index contributed by atoms with van der Waals surface area (Å²) < 4.78 is 33.9. The van der Waals surface area contributed by atoms with Crippen LogP contribution in [0.25, 0.3) is 0 Å². The molecule has 2 aromatic rings. The van der Waals surface area contributed by atoms with Crippen molar-refractivity contribution in [2.24, 2.45) is 5.92 Å². The van der Waals surface area contributed by atoms with Crippen molar-refractivity contribution < 1.29 is 22.7 Å². The quantitative estimate of drug-likeness (QED) is 0.530. The number of benzene rings is 2. The summed E-state index contributed by atoms with van der Waals surface area (Å²) in [6.45, 7) is 9.94. The Kier molecular flexibility index (Phi) is 9.09. The lowest BCUT2D eigenvalue weighted by atomic mass is 9.99. The van der Waals surface area contributed by atoms with E-state index in [-0.39, 0.29) is 41.4 Å². The number of carbonyl (C=O) groups is 2. The van der Waals surface area contributed by atoms with E-state index >= 15 is 0 Å². The Morgan fingerprint density at radius 1 is 1.16 bits per heavy atom. The van der Waals surface area contributed by atoms with Gasteiger partial charge in [-0.15, -0.1) is 0 Å². The van der Waals surface area contributed by atoms with Crippen molar-refractivity contribution in [3.8, 4) is 5.75 Å². The summed E-state index contributed by atoms with van der Waals surface area (Å²) in [4.78, 5) is 27.6. The number of nitrogens with one attached hydrogen (secondary N) is 2. The molecule has 0 saturated heterocycles. The number of likely N-dealkylation sites (N-methyl/N-ethyl adjacent to an activating group) is 1. The second kappa shape index (κ2) is 11.7. The van der Waals surface area contributed by atoms with Crippen LogP contribution in [0.5, 0.6) is 5.75 Å². The topological polar surface area (TPSA) is 108 Å². The Morgan fingerprint density at radius 2 is 1.81 bits per heavy atom. The second-order valence-corrected chi connectivity index (χ2v) is 12.4. The fourth-order valence-electron chi connectivity index (χ4n) is 4.05. The summed E-state index contributed by atoms with van der Waals surface area (Å²) >= 11 is 5.92. The number of hydrogen-bond donors (Lipinski definition) is 2. The summed E-state index contributed by atoms with van der Waals surface area (Å²) in [6.07, 6.45) is -0.539. The minimum absolute atomic E-state index is 0.0471. The van der Waals surface area contributed by atoms with Gasteiger partial charge in [-0.2, -0.15) is 4.31 Å². The lowest BCUT2D eigenvalue weighted by Crippen LogP contribution is -2.49. The number of sulfonamides is 1. The summed E-state index contributed by atoms with van der Waals surface area (Å²) in [5, 5.41) is 5.94. The number of anilines is 1. The first kappa shape index (κ1) is 28.7. The summed E-state index contributed by atoms with van der Waals surface area (Å²) in [5.74, 6) is -0.0540. The Labute approximate surface area is 224 Å². The molecule has 0 radical (unpaired) electrons. The molecule has 1 aliphatic rings. The Bertz CT molecular complexity index is 1230. The van der Waals surface area contributed by atoms with Gasteiger partial charge >= 0.3 is 6.03 Å². The third kappa shape index (κ3) is 6.94. The van der Waals surface area contributed by atoms with Crippen LogP contribution in [0, 0.1) is 5.92 Å². The number of halogens is 1. The van der Waals surface area contributed by atoms with Crippen LogP contribution in [-0.4, -0.2) is 67.9 Å². The van der Waals surface area contributed by atoms with Gasteiger partial charge in [0, 0.05) is 42.3 Å². The van der Waals surface area contributed by atoms with Crippen molar-refractivity contribution in [2.75, 3.05) is 25.5 Å². The van der Waals surface area contributed by atoms with Crippen LogP contribution in [0.15, 0.2) is 47.4 Å². The molecule has 2 N–H and O–H groups in total. The highest BCUT2D eigenvalue weighted by molar-refractivity contribution is 7.89. The van der Waals surface area contributed by atoms with Crippen LogP contribution in [0.3, 0.4) is 0 Å². The van der Waals surface area contributed by atoms with Gasteiger partial charge in [0.05, 0.1) is 17.0 Å². The molecule has 0 fully saturated rings. The molecule has 202 valence electrons. The van der Waals surface area contributed by atoms with Gasteiger partial charge in [-0.25, -0.2) is 13.2 Å². The number of carbonyl (C=O) groups excluding carboxylic acids is 2. The molecule has 9 nitrogen and oxygen atoms in total. The molecular formula is C26H35ClN4O5S. The van der Waals surface area contributed by atoms with Crippen molar-refractivity contribution in [2.45, 2.75) is 57.7 Å². The molecule has 0 bridgehead atoms. The number of urea groups is 1. The fraction of sp³-hybridized carbons (Fsp3) is 0.462. The van der Waals surface area contributed by atoms with Crippen LogP contribution < -0.4 is 15.4 Å². The third-order valence-electron chi connectivity index (χ3n) is 6.13. The Hall–Kier alpha value is -2.82. The van der Waals surface area contributed by atoms with Crippen LogP contribution in [0.4, 0.5) is 10.5 Å². The minimum atomic E-state index is -3.79. The molecule has 2 atom stereocenters. The smallest absolute Gasteiger partial charge is 0.319 e. The zero-order valence-corrected chi connectivity index (χ0v) is 23.6. The standard InChI is InChI=1S/C26H35ClN4O5S/c1-16(2)28-26(33)29-20-9-12-23-22(13-20)25(32)31(17(3)4)14-18(5)24(36-23)15-30(6)37(34,35)21-10-7-19(27)8-11-21/h7-13,16-18,24H,14-15H2,1-6H3,(H2,28,29,33)/t18-,24+/m1/s1. The lowest BCUT2D eigenvalue weighted by molar-refractivity contribution is 0.0483. The summed E-state index contributed by atoms with van der Waals surface area (Å²) in [7, 11) is -2.28. The van der Waals surface area contributed by atoms with Crippen molar-refractivity contribution in [3.63, 3.8) is 0 Å². The molecule has 1 aliphatic heterocycles. The first-order chi connectivity index (χ1) is 17.3. The minimum Gasteiger partial charge on any atom is -0.488 e. The maximum Gasteiger partial charge on any atom is 0.319 e. The average molecular weight is 551 g/mol. The number of rotatable bonds is 7. The third-order valence-corrected chi connectivity index (χ3v) is 8.22. The molecule has 0 unspecified atom stereocenters. The molecule has 0 saturated carbocycles. The van der Waals surface area contributed by atoms with E-state index in [0.717, 1.165) is 0 Å². The maximum atomic E-state index is 13.5. The number of hydrogen-bond acceptors (Lipinski definition) is 5. The molecule has 0 aromatic heterocycles. The SMILES string of the molecule is CC(C)NC(=O)Nc1ccc2c(c1)C(=O)N(C(C)C)C[C@@H](C)[C@H](CN(C)S(=O)(=O)c1ccc(Cl)cc1)O2. The second-order valence-electron chi connectivity index (χ2n) is 9.89. The molecule has 0 aliphatic carbocycles. The summed E-state index contributed by atoms with van der Waals surface area (Å²) in [6, 6.07) is 10.4. The van der Waals surface area contributed by atoms with E-state index in [9.17, 15) is 18.0 Å². The molecule has 0 spiro atoms. The van der Waals surface area contributed by atoms with Crippen LogP contribution in [-0.2, 0) is 10.0 Å². The van der Waals surface area contributed by atoms with Crippen LogP contribution in [0.1, 0.15) is 45.0 Å². The molecule has 2 aromatic carbocycles. The van der Waals surface area contributed by atoms with Gasteiger partial charge in [-0.1, -0.05) is 18.5 Å². The van der Waals surface area contributed by atoms with E-state index in [4.69, 9.17) is 16.3 Å². The van der Waals surface area contributed by atoms with Crippen molar-refractivity contribution in [1.29, 1.82) is 0 Å².